The largest absolute Gasteiger partial charge is 0.391 e. The molecule has 0 atom stereocenters. The van der Waals surface area contributed by atoms with Crippen molar-refractivity contribution in [3.05, 3.63) is 75.3 Å². The van der Waals surface area contributed by atoms with E-state index in [0.29, 0.717) is 15.8 Å². The van der Waals surface area contributed by atoms with Crippen LogP contribution in [-0.4, -0.2) is 24.9 Å². The summed E-state index contributed by atoms with van der Waals surface area (Å²) in [6.07, 6.45) is 4.64. The van der Waals surface area contributed by atoms with Gasteiger partial charge in [-0.15, -0.1) is 0 Å². The van der Waals surface area contributed by atoms with Gasteiger partial charge in [0.25, 0.3) is 5.91 Å². The van der Waals surface area contributed by atoms with Gasteiger partial charge in [-0.3, -0.25) is 4.79 Å². The van der Waals surface area contributed by atoms with Gasteiger partial charge < -0.3 is 15.0 Å². The normalized spacial score (nSPS) is 11.8. The van der Waals surface area contributed by atoms with E-state index >= 15 is 0 Å². The Balaban J connectivity index is 1.93. The number of oxime groups is 2. The minimum Gasteiger partial charge on any atom is -0.391 e. The molecule has 8 heteroatoms. The zero-order chi connectivity index (χ0) is 21.1. The zero-order valence-corrected chi connectivity index (χ0v) is 17.6. The van der Waals surface area contributed by atoms with Crippen molar-refractivity contribution in [3.8, 4) is 0 Å². The first-order valence-corrected chi connectivity index (χ1v) is 9.49. The van der Waals surface area contributed by atoms with Crippen LogP contribution in [0.5, 0.6) is 0 Å². The fourth-order valence-corrected chi connectivity index (χ4v) is 2.73. The average Bonchev–Trinajstić information content (AvgIpc) is 2.71. The number of rotatable bonds is 9. The molecule has 29 heavy (non-hydrogen) atoms. The Labute approximate surface area is 179 Å². The van der Waals surface area contributed by atoms with Crippen molar-refractivity contribution in [2.75, 3.05) is 7.05 Å². The van der Waals surface area contributed by atoms with Crippen LogP contribution in [0.15, 0.2) is 58.9 Å². The summed E-state index contributed by atoms with van der Waals surface area (Å²) < 4.78 is 0. The lowest BCUT2D eigenvalue weighted by Crippen LogP contribution is -2.18. The smallest absolute Gasteiger partial charge is 0.265 e. The molecule has 0 bridgehead atoms. The van der Waals surface area contributed by atoms with E-state index < -0.39 is 0 Å². The Hall–Kier alpha value is -2.83. The third-order valence-corrected chi connectivity index (χ3v) is 4.41. The Morgan fingerprint density at radius 2 is 1.66 bits per heavy atom. The number of nitrogens with zero attached hydrogens (tertiary/aromatic N) is 2. The molecule has 0 aliphatic carbocycles. The predicted molar refractivity (Wildman–Crippen MR) is 117 cm³/mol. The molecule has 0 aliphatic heterocycles. The second-order valence-corrected chi connectivity index (χ2v) is 6.68. The minimum atomic E-state index is -0.336. The molecule has 0 heterocycles. The summed E-state index contributed by atoms with van der Waals surface area (Å²) in [7, 11) is 1.52. The van der Waals surface area contributed by atoms with Crippen LogP contribution < -0.4 is 5.32 Å². The number of carbonyl (C=O) groups excluding carboxylic acids is 1. The number of carbonyl (C=O) groups is 1. The van der Waals surface area contributed by atoms with Crippen molar-refractivity contribution in [2.45, 2.75) is 20.1 Å². The topological polar surface area (TPSA) is 72.3 Å². The molecule has 1 N–H and O–H groups in total. The predicted octanol–water partition coefficient (Wildman–Crippen LogP) is 4.85. The number of nitrogens with one attached hydrogen (secondary N) is 1. The summed E-state index contributed by atoms with van der Waals surface area (Å²) in [6, 6.07) is 12.9. The summed E-state index contributed by atoms with van der Waals surface area (Å²) in [4.78, 5) is 21.7. The third kappa shape index (κ3) is 7.60. The first-order valence-electron chi connectivity index (χ1n) is 8.73. The number of benzene rings is 2. The first-order chi connectivity index (χ1) is 14.0. The quantitative estimate of drug-likeness (QED) is 0.453. The molecule has 0 spiro atoms. The van der Waals surface area contributed by atoms with E-state index in [2.05, 4.69) is 15.6 Å². The van der Waals surface area contributed by atoms with E-state index in [4.69, 9.17) is 32.9 Å². The van der Waals surface area contributed by atoms with Crippen LogP contribution in [-0.2, 0) is 27.7 Å². The van der Waals surface area contributed by atoms with Gasteiger partial charge in [-0.2, -0.15) is 0 Å². The Kier molecular flexibility index (Phi) is 9.21. The number of hydrogen-bond donors (Lipinski definition) is 1. The third-order valence-electron chi connectivity index (χ3n) is 3.75. The van der Waals surface area contributed by atoms with E-state index in [1.807, 2.05) is 31.2 Å². The first kappa shape index (κ1) is 22.5. The maximum absolute atomic E-state index is 11.1. The Morgan fingerprint density at radius 3 is 2.28 bits per heavy atom. The van der Waals surface area contributed by atoms with Gasteiger partial charge >= 0.3 is 0 Å². The van der Waals surface area contributed by atoms with Gasteiger partial charge in [-0.05, 0) is 36.3 Å². The van der Waals surface area contributed by atoms with Crippen molar-refractivity contribution in [1.29, 1.82) is 0 Å². The van der Waals surface area contributed by atoms with Crippen LogP contribution in [0.1, 0.15) is 23.6 Å². The molecular weight excluding hydrogens is 413 g/mol. The second-order valence-electron chi connectivity index (χ2n) is 5.87. The van der Waals surface area contributed by atoms with Gasteiger partial charge in [-0.1, -0.05) is 69.9 Å². The van der Waals surface area contributed by atoms with Gasteiger partial charge in [0.05, 0.1) is 5.71 Å². The zero-order valence-electron chi connectivity index (χ0n) is 16.1. The van der Waals surface area contributed by atoms with Crippen LogP contribution in [0.2, 0.25) is 10.0 Å². The highest BCUT2D eigenvalue weighted by atomic mass is 35.5. The highest BCUT2D eigenvalue weighted by molar-refractivity contribution is 6.37. The number of amides is 1. The lowest BCUT2D eigenvalue weighted by Gasteiger charge is -2.07. The van der Waals surface area contributed by atoms with Crippen molar-refractivity contribution in [2.24, 2.45) is 10.3 Å². The summed E-state index contributed by atoms with van der Waals surface area (Å²) in [5.41, 5.74) is 3.17. The van der Waals surface area contributed by atoms with Crippen molar-refractivity contribution < 1.29 is 14.5 Å². The van der Waals surface area contributed by atoms with E-state index in [-0.39, 0.29) is 19.1 Å². The van der Waals surface area contributed by atoms with Gasteiger partial charge in [0, 0.05) is 22.7 Å². The van der Waals surface area contributed by atoms with Crippen LogP contribution in [0, 0.1) is 0 Å². The van der Waals surface area contributed by atoms with Crippen molar-refractivity contribution in [1.82, 2.24) is 5.32 Å². The molecule has 2 rings (SSSR count). The molecule has 0 aromatic heterocycles. The second kappa shape index (κ2) is 11.9. The molecular formula is C21H21Cl2N3O3. The number of allylic oxidation sites excluding steroid dienone is 1. The molecule has 6 nitrogen and oxygen atoms in total. The minimum absolute atomic E-state index is 0.209. The summed E-state index contributed by atoms with van der Waals surface area (Å²) in [5.74, 6) is -0.336. The SMILES string of the molecule is CNC(=O)/C=N/OCc1ccccc1CO/N=C(C)/C=C/c1c(Cl)cccc1Cl. The monoisotopic (exact) mass is 433 g/mol. The van der Waals surface area contributed by atoms with Crippen molar-refractivity contribution >= 4 is 47.1 Å². The van der Waals surface area contributed by atoms with Gasteiger partial charge in [0.1, 0.15) is 19.4 Å². The molecule has 0 aliphatic rings. The van der Waals surface area contributed by atoms with Gasteiger partial charge in [-0.25, -0.2) is 0 Å². The molecule has 2 aromatic rings. The van der Waals surface area contributed by atoms with E-state index in [1.165, 1.54) is 7.05 Å². The van der Waals surface area contributed by atoms with Crippen LogP contribution in [0.3, 0.4) is 0 Å². The standard InChI is InChI=1S/C21H21Cl2N3O3/c1-15(10-11-18-19(22)8-5-9-20(18)23)26-29-14-17-7-4-3-6-16(17)13-28-25-12-21(27)24-2/h3-12H,13-14H2,1-2H3,(H,24,27)/b11-10+,25-12+,26-15+. The lowest BCUT2D eigenvalue weighted by atomic mass is 10.1. The molecule has 0 saturated carbocycles. The van der Waals surface area contributed by atoms with Gasteiger partial charge in [0.2, 0.25) is 0 Å². The summed E-state index contributed by atoms with van der Waals surface area (Å²) in [6.45, 7) is 2.28. The van der Waals surface area contributed by atoms with Crippen LogP contribution in [0.4, 0.5) is 0 Å². The number of hydrogen-bond acceptors (Lipinski definition) is 5. The molecule has 0 fully saturated rings. The van der Waals surface area contributed by atoms with E-state index in [1.54, 1.807) is 30.4 Å². The molecule has 0 saturated heterocycles. The van der Waals surface area contributed by atoms with E-state index in [9.17, 15) is 4.79 Å². The fourth-order valence-electron chi connectivity index (χ4n) is 2.20. The number of halogens is 2. The lowest BCUT2D eigenvalue weighted by molar-refractivity contribution is -0.114. The molecule has 152 valence electrons. The summed E-state index contributed by atoms with van der Waals surface area (Å²) in [5, 5.41) is 11.3. The molecule has 0 radical (unpaired) electrons. The molecule has 1 amide bonds. The van der Waals surface area contributed by atoms with Crippen LogP contribution >= 0.6 is 23.2 Å². The van der Waals surface area contributed by atoms with Crippen LogP contribution in [0.25, 0.3) is 6.08 Å². The van der Waals surface area contributed by atoms with Crippen molar-refractivity contribution in [3.63, 3.8) is 0 Å². The maximum atomic E-state index is 11.1. The highest BCUT2D eigenvalue weighted by Gasteiger charge is 2.04. The maximum Gasteiger partial charge on any atom is 0.265 e. The Morgan fingerprint density at radius 1 is 1.03 bits per heavy atom. The van der Waals surface area contributed by atoms with Gasteiger partial charge in [0.15, 0.2) is 0 Å². The summed E-state index contributed by atoms with van der Waals surface area (Å²) >= 11 is 12.3. The highest BCUT2D eigenvalue weighted by Crippen LogP contribution is 2.25. The average molecular weight is 434 g/mol. The molecule has 0 unspecified atom stereocenters. The fraction of sp³-hybridized carbons (Fsp3) is 0.190. The van der Waals surface area contributed by atoms with E-state index in [0.717, 1.165) is 22.9 Å². The molecule has 2 aromatic carbocycles. The Bertz CT molecular complexity index is 907.